The van der Waals surface area contributed by atoms with E-state index >= 15 is 0 Å². The van der Waals surface area contributed by atoms with Gasteiger partial charge >= 0.3 is 0 Å². The van der Waals surface area contributed by atoms with Gasteiger partial charge in [-0.3, -0.25) is 4.79 Å². The molecular formula is C21H24N4OS. The smallest absolute Gasteiger partial charge is 0.240 e. The molecule has 2 aromatic carbocycles. The van der Waals surface area contributed by atoms with Crippen molar-refractivity contribution in [3.05, 3.63) is 60.2 Å². The first kappa shape index (κ1) is 19.2. The second-order valence-electron chi connectivity index (χ2n) is 6.36. The van der Waals surface area contributed by atoms with E-state index < -0.39 is 0 Å². The molecule has 0 aliphatic heterocycles. The summed E-state index contributed by atoms with van der Waals surface area (Å²) in [6, 6.07) is 17.8. The van der Waals surface area contributed by atoms with Gasteiger partial charge in [0.25, 0.3) is 0 Å². The average molecular weight is 381 g/mol. The molecule has 1 heterocycles. The Bertz CT molecular complexity index is 923. The molecule has 140 valence electrons. The van der Waals surface area contributed by atoms with Gasteiger partial charge in [-0.1, -0.05) is 54.2 Å². The maximum Gasteiger partial charge on any atom is 0.240 e. The second kappa shape index (κ2) is 8.39. The Balaban J connectivity index is 1.81. The summed E-state index contributed by atoms with van der Waals surface area (Å²) in [5.74, 6) is 0.878. The molecule has 0 bridgehead atoms. The molecule has 6 heteroatoms. The summed E-state index contributed by atoms with van der Waals surface area (Å²) in [6.07, 6.45) is 0. The zero-order valence-corrected chi connectivity index (χ0v) is 16.9. The van der Waals surface area contributed by atoms with E-state index in [1.54, 1.807) is 11.9 Å². The molecule has 0 unspecified atom stereocenters. The SMILES string of the molecule is CCn1c(S[C@@H](C)C(=O)N(C)c2ccccc2)nnc1-c1ccccc1C. The molecule has 0 N–H and O–H groups in total. The molecule has 27 heavy (non-hydrogen) atoms. The van der Waals surface area contributed by atoms with E-state index in [9.17, 15) is 4.79 Å². The third-order valence-electron chi connectivity index (χ3n) is 4.52. The van der Waals surface area contributed by atoms with Gasteiger partial charge in [-0.05, 0) is 38.5 Å². The molecule has 5 nitrogen and oxygen atoms in total. The van der Waals surface area contributed by atoms with Crippen molar-refractivity contribution in [1.82, 2.24) is 14.8 Å². The molecule has 0 saturated carbocycles. The molecular weight excluding hydrogens is 356 g/mol. The minimum atomic E-state index is -0.269. The van der Waals surface area contributed by atoms with Crippen molar-refractivity contribution in [3.8, 4) is 11.4 Å². The van der Waals surface area contributed by atoms with E-state index in [1.807, 2.05) is 49.4 Å². The van der Waals surface area contributed by atoms with Crippen LogP contribution in [0.3, 0.4) is 0 Å². The van der Waals surface area contributed by atoms with Gasteiger partial charge in [-0.2, -0.15) is 0 Å². The highest BCUT2D eigenvalue weighted by Crippen LogP contribution is 2.29. The summed E-state index contributed by atoms with van der Waals surface area (Å²) in [7, 11) is 1.80. The van der Waals surface area contributed by atoms with E-state index in [0.717, 1.165) is 34.3 Å². The Morgan fingerprint density at radius 2 is 1.78 bits per heavy atom. The highest BCUT2D eigenvalue weighted by atomic mass is 32.2. The predicted octanol–water partition coefficient (Wildman–Crippen LogP) is 4.42. The molecule has 0 spiro atoms. The van der Waals surface area contributed by atoms with Gasteiger partial charge in [0.05, 0.1) is 5.25 Å². The number of hydrogen-bond donors (Lipinski definition) is 0. The van der Waals surface area contributed by atoms with Crippen molar-refractivity contribution >= 4 is 23.4 Å². The lowest BCUT2D eigenvalue weighted by Gasteiger charge is -2.21. The molecule has 0 saturated heterocycles. The normalized spacial score (nSPS) is 12.0. The highest BCUT2D eigenvalue weighted by Gasteiger charge is 2.23. The molecule has 1 atom stereocenters. The quantitative estimate of drug-likeness (QED) is 0.594. The summed E-state index contributed by atoms with van der Waals surface area (Å²) in [5, 5.41) is 9.26. The topological polar surface area (TPSA) is 51.0 Å². The fourth-order valence-corrected chi connectivity index (χ4v) is 3.95. The zero-order chi connectivity index (χ0) is 19.4. The van der Waals surface area contributed by atoms with Crippen LogP contribution < -0.4 is 4.90 Å². The largest absolute Gasteiger partial charge is 0.315 e. The Morgan fingerprint density at radius 3 is 2.44 bits per heavy atom. The number of benzene rings is 2. The van der Waals surface area contributed by atoms with E-state index in [2.05, 4.69) is 40.7 Å². The Morgan fingerprint density at radius 1 is 1.11 bits per heavy atom. The molecule has 0 aliphatic rings. The second-order valence-corrected chi connectivity index (χ2v) is 7.67. The van der Waals surface area contributed by atoms with Crippen LogP contribution in [0.2, 0.25) is 0 Å². The van der Waals surface area contributed by atoms with Gasteiger partial charge < -0.3 is 9.47 Å². The van der Waals surface area contributed by atoms with Crippen LogP contribution in [0, 0.1) is 6.92 Å². The first-order chi connectivity index (χ1) is 13.0. The molecule has 3 rings (SSSR count). The summed E-state index contributed by atoms with van der Waals surface area (Å²) in [4.78, 5) is 14.5. The van der Waals surface area contributed by atoms with Gasteiger partial charge in [0.1, 0.15) is 0 Å². The summed E-state index contributed by atoms with van der Waals surface area (Å²) in [5.41, 5.74) is 3.11. The number of aromatic nitrogens is 3. The number of carbonyl (C=O) groups excluding carboxylic acids is 1. The summed E-state index contributed by atoms with van der Waals surface area (Å²) < 4.78 is 2.07. The standard InChI is InChI=1S/C21H24N4OS/c1-5-25-19(18-14-10-9-11-15(18)2)22-23-21(25)27-16(3)20(26)24(4)17-12-7-6-8-13-17/h6-14,16H,5H2,1-4H3/t16-/m0/s1. The third kappa shape index (κ3) is 4.06. The molecule has 1 aromatic heterocycles. The first-order valence-corrected chi connectivity index (χ1v) is 9.89. The van der Waals surface area contributed by atoms with Crippen LogP contribution in [0.1, 0.15) is 19.4 Å². The fraction of sp³-hybridized carbons (Fsp3) is 0.286. The summed E-state index contributed by atoms with van der Waals surface area (Å²) >= 11 is 1.45. The van der Waals surface area contributed by atoms with Crippen molar-refractivity contribution in [2.75, 3.05) is 11.9 Å². The van der Waals surface area contributed by atoms with Crippen molar-refractivity contribution in [2.45, 2.75) is 37.7 Å². The lowest BCUT2D eigenvalue weighted by atomic mass is 10.1. The average Bonchev–Trinajstić information content (AvgIpc) is 3.10. The first-order valence-electron chi connectivity index (χ1n) is 9.01. The van der Waals surface area contributed by atoms with Gasteiger partial charge in [-0.25, -0.2) is 0 Å². The van der Waals surface area contributed by atoms with Crippen molar-refractivity contribution in [2.24, 2.45) is 0 Å². The van der Waals surface area contributed by atoms with Crippen LogP contribution >= 0.6 is 11.8 Å². The van der Waals surface area contributed by atoms with E-state index in [4.69, 9.17) is 0 Å². The monoisotopic (exact) mass is 380 g/mol. The van der Waals surface area contributed by atoms with E-state index in [1.165, 1.54) is 11.8 Å². The summed E-state index contributed by atoms with van der Waals surface area (Å²) in [6.45, 7) is 6.79. The highest BCUT2D eigenvalue weighted by molar-refractivity contribution is 8.00. The van der Waals surface area contributed by atoms with Crippen LogP contribution in [-0.4, -0.2) is 33.0 Å². The lowest BCUT2D eigenvalue weighted by Crippen LogP contribution is -2.33. The van der Waals surface area contributed by atoms with Crippen molar-refractivity contribution in [3.63, 3.8) is 0 Å². The number of amides is 1. The van der Waals surface area contributed by atoms with Gasteiger partial charge in [0.2, 0.25) is 5.91 Å². The molecule has 0 fully saturated rings. The van der Waals surface area contributed by atoms with Crippen molar-refractivity contribution in [1.29, 1.82) is 0 Å². The van der Waals surface area contributed by atoms with E-state index in [-0.39, 0.29) is 11.2 Å². The Hall–Kier alpha value is -2.60. The van der Waals surface area contributed by atoms with Crippen LogP contribution in [0.25, 0.3) is 11.4 Å². The van der Waals surface area contributed by atoms with Crippen molar-refractivity contribution < 1.29 is 4.79 Å². The van der Waals surface area contributed by atoms with Crippen LogP contribution in [0.5, 0.6) is 0 Å². The number of rotatable bonds is 6. The number of aryl methyl sites for hydroxylation is 1. The van der Waals surface area contributed by atoms with E-state index in [0.29, 0.717) is 0 Å². The molecule has 3 aromatic rings. The zero-order valence-electron chi connectivity index (χ0n) is 16.1. The maximum absolute atomic E-state index is 12.8. The maximum atomic E-state index is 12.8. The molecule has 0 radical (unpaired) electrons. The lowest BCUT2D eigenvalue weighted by molar-refractivity contribution is -0.117. The number of nitrogens with zero attached hydrogens (tertiary/aromatic N) is 4. The Labute approximate surface area is 164 Å². The molecule has 0 aliphatic carbocycles. The number of carbonyl (C=O) groups is 1. The van der Waals surface area contributed by atoms with Crippen LogP contribution in [0.4, 0.5) is 5.69 Å². The minimum absolute atomic E-state index is 0.0364. The van der Waals surface area contributed by atoms with Gasteiger partial charge in [-0.15, -0.1) is 10.2 Å². The van der Waals surface area contributed by atoms with Gasteiger partial charge in [0, 0.05) is 24.8 Å². The number of thioether (sulfide) groups is 1. The van der Waals surface area contributed by atoms with Crippen LogP contribution in [-0.2, 0) is 11.3 Å². The predicted molar refractivity (Wildman–Crippen MR) is 111 cm³/mol. The van der Waals surface area contributed by atoms with Gasteiger partial charge in [0.15, 0.2) is 11.0 Å². The van der Waals surface area contributed by atoms with Crippen LogP contribution in [0.15, 0.2) is 59.8 Å². The minimum Gasteiger partial charge on any atom is -0.315 e. The molecule has 1 amide bonds. The Kier molecular flexibility index (Phi) is 5.96. The number of para-hydroxylation sites is 1. The number of hydrogen-bond acceptors (Lipinski definition) is 4. The number of anilines is 1. The fourth-order valence-electron chi connectivity index (χ4n) is 2.94. The third-order valence-corrected chi connectivity index (χ3v) is 5.59.